The SMILES string of the molecule is CCOC(C)c1noc(C(CN)OC)n1. The number of methoxy groups -OCH3 is 1. The molecule has 1 aromatic heterocycles. The van der Waals surface area contributed by atoms with Crippen molar-refractivity contribution in [2.45, 2.75) is 26.1 Å². The zero-order valence-electron chi connectivity index (χ0n) is 9.27. The molecule has 0 amide bonds. The van der Waals surface area contributed by atoms with Crippen LogP contribution in [0.25, 0.3) is 0 Å². The molecule has 0 bridgehead atoms. The molecule has 15 heavy (non-hydrogen) atoms. The second-order valence-electron chi connectivity index (χ2n) is 3.05. The van der Waals surface area contributed by atoms with Crippen LogP contribution in [0.15, 0.2) is 4.52 Å². The van der Waals surface area contributed by atoms with E-state index in [0.29, 0.717) is 24.9 Å². The largest absolute Gasteiger partial charge is 0.371 e. The van der Waals surface area contributed by atoms with E-state index in [2.05, 4.69) is 10.1 Å². The molecule has 1 heterocycles. The molecule has 0 aliphatic rings. The molecule has 0 fully saturated rings. The molecule has 0 aliphatic heterocycles. The number of aromatic nitrogens is 2. The fraction of sp³-hybridized carbons (Fsp3) is 0.778. The van der Waals surface area contributed by atoms with E-state index in [4.69, 9.17) is 19.7 Å². The van der Waals surface area contributed by atoms with Gasteiger partial charge in [0.05, 0.1) is 0 Å². The third-order valence-electron chi connectivity index (χ3n) is 2.01. The van der Waals surface area contributed by atoms with Gasteiger partial charge in [-0.05, 0) is 13.8 Å². The lowest BCUT2D eigenvalue weighted by Crippen LogP contribution is -2.14. The van der Waals surface area contributed by atoms with Crippen LogP contribution in [0.2, 0.25) is 0 Å². The van der Waals surface area contributed by atoms with E-state index in [1.165, 1.54) is 0 Å². The minimum absolute atomic E-state index is 0.178. The molecular formula is C9H17N3O3. The van der Waals surface area contributed by atoms with Crippen molar-refractivity contribution in [1.29, 1.82) is 0 Å². The Balaban J connectivity index is 2.70. The molecule has 6 heteroatoms. The summed E-state index contributed by atoms with van der Waals surface area (Å²) >= 11 is 0. The molecule has 0 aromatic carbocycles. The lowest BCUT2D eigenvalue weighted by atomic mass is 10.3. The number of hydrogen-bond donors (Lipinski definition) is 1. The van der Waals surface area contributed by atoms with Gasteiger partial charge >= 0.3 is 0 Å². The monoisotopic (exact) mass is 215 g/mol. The number of ether oxygens (including phenoxy) is 2. The van der Waals surface area contributed by atoms with Gasteiger partial charge in [-0.1, -0.05) is 5.16 Å². The number of hydrogen-bond acceptors (Lipinski definition) is 6. The molecule has 0 aliphatic carbocycles. The first kappa shape index (κ1) is 12.1. The zero-order chi connectivity index (χ0) is 11.3. The summed E-state index contributed by atoms with van der Waals surface area (Å²) in [6.45, 7) is 4.69. The molecule has 0 spiro atoms. The molecule has 1 aromatic rings. The Morgan fingerprint density at radius 2 is 2.27 bits per heavy atom. The van der Waals surface area contributed by atoms with Gasteiger partial charge in [0.1, 0.15) is 12.2 Å². The Labute approximate surface area is 88.7 Å². The normalized spacial score (nSPS) is 15.2. The molecule has 2 atom stereocenters. The van der Waals surface area contributed by atoms with Crippen molar-refractivity contribution < 1.29 is 14.0 Å². The second-order valence-corrected chi connectivity index (χ2v) is 3.05. The standard InChI is InChI=1S/C9H17N3O3/c1-4-14-6(2)8-11-9(15-12-8)7(5-10)13-3/h6-7H,4-5,10H2,1-3H3. The van der Waals surface area contributed by atoms with Gasteiger partial charge in [0.15, 0.2) is 5.82 Å². The van der Waals surface area contributed by atoms with E-state index in [9.17, 15) is 0 Å². The molecule has 2 unspecified atom stereocenters. The maximum Gasteiger partial charge on any atom is 0.257 e. The van der Waals surface area contributed by atoms with E-state index in [1.54, 1.807) is 7.11 Å². The highest BCUT2D eigenvalue weighted by atomic mass is 16.5. The van der Waals surface area contributed by atoms with Crippen LogP contribution in [-0.2, 0) is 9.47 Å². The zero-order valence-corrected chi connectivity index (χ0v) is 9.27. The van der Waals surface area contributed by atoms with Crippen LogP contribution in [0.5, 0.6) is 0 Å². The van der Waals surface area contributed by atoms with Gasteiger partial charge in [-0.15, -0.1) is 0 Å². The lowest BCUT2D eigenvalue weighted by molar-refractivity contribution is 0.0680. The van der Waals surface area contributed by atoms with Crippen molar-refractivity contribution in [2.75, 3.05) is 20.3 Å². The third kappa shape index (κ3) is 2.98. The van der Waals surface area contributed by atoms with Crippen LogP contribution in [-0.4, -0.2) is 30.4 Å². The topological polar surface area (TPSA) is 83.4 Å². The van der Waals surface area contributed by atoms with Gasteiger partial charge in [0, 0.05) is 20.3 Å². The quantitative estimate of drug-likeness (QED) is 0.756. The summed E-state index contributed by atoms with van der Waals surface area (Å²) < 4.78 is 15.4. The fourth-order valence-electron chi connectivity index (χ4n) is 1.17. The Kier molecular flexibility index (Phi) is 4.67. The average molecular weight is 215 g/mol. The summed E-state index contributed by atoms with van der Waals surface area (Å²) in [4.78, 5) is 4.16. The van der Waals surface area contributed by atoms with Crippen molar-refractivity contribution in [1.82, 2.24) is 10.1 Å². The summed E-state index contributed by atoms with van der Waals surface area (Å²) in [6.07, 6.45) is -0.525. The van der Waals surface area contributed by atoms with Crippen LogP contribution in [0.3, 0.4) is 0 Å². The van der Waals surface area contributed by atoms with E-state index in [1.807, 2.05) is 13.8 Å². The number of nitrogens with zero attached hydrogens (tertiary/aromatic N) is 2. The fourth-order valence-corrected chi connectivity index (χ4v) is 1.17. The Hall–Kier alpha value is -0.980. The minimum atomic E-state index is -0.347. The number of rotatable bonds is 6. The van der Waals surface area contributed by atoms with E-state index in [-0.39, 0.29) is 12.2 Å². The van der Waals surface area contributed by atoms with Gasteiger partial charge in [-0.25, -0.2) is 0 Å². The summed E-state index contributed by atoms with van der Waals surface area (Å²) in [5.74, 6) is 0.906. The molecule has 0 radical (unpaired) electrons. The summed E-state index contributed by atoms with van der Waals surface area (Å²) in [7, 11) is 1.55. The summed E-state index contributed by atoms with van der Waals surface area (Å²) in [6, 6.07) is 0. The van der Waals surface area contributed by atoms with Gasteiger partial charge < -0.3 is 19.7 Å². The summed E-state index contributed by atoms with van der Waals surface area (Å²) in [5.41, 5.74) is 5.48. The maximum absolute atomic E-state index is 5.48. The van der Waals surface area contributed by atoms with Crippen LogP contribution in [0.1, 0.15) is 37.8 Å². The Morgan fingerprint density at radius 1 is 1.53 bits per heavy atom. The third-order valence-corrected chi connectivity index (χ3v) is 2.01. The highest BCUT2D eigenvalue weighted by Gasteiger charge is 2.19. The maximum atomic E-state index is 5.48. The summed E-state index contributed by atoms with van der Waals surface area (Å²) in [5, 5.41) is 3.80. The van der Waals surface area contributed by atoms with Crippen molar-refractivity contribution in [2.24, 2.45) is 5.73 Å². The van der Waals surface area contributed by atoms with Gasteiger partial charge in [-0.3, -0.25) is 0 Å². The highest BCUT2D eigenvalue weighted by molar-refractivity contribution is 4.93. The molecule has 1 rings (SSSR count). The highest BCUT2D eigenvalue weighted by Crippen LogP contribution is 2.17. The van der Waals surface area contributed by atoms with Gasteiger partial charge in [-0.2, -0.15) is 4.98 Å². The van der Waals surface area contributed by atoms with Crippen molar-refractivity contribution >= 4 is 0 Å². The smallest absolute Gasteiger partial charge is 0.257 e. The first-order valence-corrected chi connectivity index (χ1v) is 4.90. The average Bonchev–Trinajstić information content (AvgIpc) is 2.69. The van der Waals surface area contributed by atoms with Gasteiger partial charge in [0.2, 0.25) is 0 Å². The number of nitrogens with two attached hydrogens (primary N) is 1. The second kappa shape index (κ2) is 5.79. The van der Waals surface area contributed by atoms with E-state index >= 15 is 0 Å². The Bertz CT molecular complexity index is 286. The molecule has 0 saturated heterocycles. The van der Waals surface area contributed by atoms with Crippen molar-refractivity contribution in [3.63, 3.8) is 0 Å². The van der Waals surface area contributed by atoms with Gasteiger partial charge in [0.25, 0.3) is 5.89 Å². The minimum Gasteiger partial charge on any atom is -0.371 e. The van der Waals surface area contributed by atoms with Crippen molar-refractivity contribution in [3.8, 4) is 0 Å². The van der Waals surface area contributed by atoms with Crippen LogP contribution >= 0.6 is 0 Å². The molecular weight excluding hydrogens is 198 g/mol. The van der Waals surface area contributed by atoms with Crippen LogP contribution < -0.4 is 5.73 Å². The predicted octanol–water partition coefficient (Wildman–Crippen LogP) is 0.813. The first-order chi connectivity index (χ1) is 7.22. The van der Waals surface area contributed by atoms with Crippen LogP contribution in [0, 0.1) is 0 Å². The lowest BCUT2D eigenvalue weighted by Gasteiger charge is -2.07. The first-order valence-electron chi connectivity index (χ1n) is 4.90. The molecule has 86 valence electrons. The molecule has 6 nitrogen and oxygen atoms in total. The van der Waals surface area contributed by atoms with E-state index < -0.39 is 0 Å². The predicted molar refractivity (Wildman–Crippen MR) is 53.1 cm³/mol. The van der Waals surface area contributed by atoms with Crippen molar-refractivity contribution in [3.05, 3.63) is 11.7 Å². The van der Waals surface area contributed by atoms with E-state index in [0.717, 1.165) is 0 Å². The molecule has 2 N–H and O–H groups in total. The Morgan fingerprint density at radius 3 is 2.80 bits per heavy atom. The van der Waals surface area contributed by atoms with Crippen LogP contribution in [0.4, 0.5) is 0 Å². The molecule has 0 saturated carbocycles.